The summed E-state index contributed by atoms with van der Waals surface area (Å²) in [6.07, 6.45) is 1.41. The fourth-order valence-electron chi connectivity index (χ4n) is 2.29. The Kier molecular flexibility index (Phi) is 8.71. The van der Waals surface area contributed by atoms with Gasteiger partial charge in [-0.15, -0.1) is 0 Å². The molecule has 0 spiro atoms. The van der Waals surface area contributed by atoms with Gasteiger partial charge in [0.05, 0.1) is 24.4 Å². The van der Waals surface area contributed by atoms with Crippen LogP contribution < -0.4 is 14.8 Å². The first-order chi connectivity index (χ1) is 14.4. The van der Waals surface area contributed by atoms with E-state index in [0.717, 1.165) is 0 Å². The SMILES string of the molecule is CCOc1cc(/C=C(\C#N)C(=O)Nc2ccccc2Cl)c(Br)cc1OCC(=O)OC. The van der Waals surface area contributed by atoms with Crippen molar-refractivity contribution in [3.8, 4) is 17.6 Å². The Morgan fingerprint density at radius 1 is 1.23 bits per heavy atom. The minimum Gasteiger partial charge on any atom is -0.490 e. The summed E-state index contributed by atoms with van der Waals surface area (Å²) in [5.74, 6) is -0.494. The van der Waals surface area contributed by atoms with Crippen molar-refractivity contribution >= 4 is 51.2 Å². The van der Waals surface area contributed by atoms with Crippen LogP contribution in [0, 0.1) is 11.3 Å². The molecule has 0 aromatic heterocycles. The molecule has 9 heteroatoms. The van der Waals surface area contributed by atoms with Crippen LogP contribution >= 0.6 is 27.5 Å². The van der Waals surface area contributed by atoms with Crippen LogP contribution in [-0.2, 0) is 14.3 Å². The molecular weight excluding hydrogens is 476 g/mol. The van der Waals surface area contributed by atoms with E-state index in [1.54, 1.807) is 43.3 Å². The van der Waals surface area contributed by atoms with E-state index in [9.17, 15) is 14.9 Å². The molecule has 0 saturated heterocycles. The average Bonchev–Trinajstić information content (AvgIpc) is 2.74. The van der Waals surface area contributed by atoms with Gasteiger partial charge in [-0.05, 0) is 42.8 Å². The molecule has 1 N–H and O–H groups in total. The third-order valence-electron chi connectivity index (χ3n) is 3.72. The maximum absolute atomic E-state index is 12.5. The van der Waals surface area contributed by atoms with Crippen LogP contribution in [0.2, 0.25) is 5.02 Å². The van der Waals surface area contributed by atoms with E-state index in [2.05, 4.69) is 26.0 Å². The summed E-state index contributed by atoms with van der Waals surface area (Å²) < 4.78 is 16.1. The Bertz CT molecular complexity index is 1020. The van der Waals surface area contributed by atoms with Crippen molar-refractivity contribution in [2.45, 2.75) is 6.92 Å². The summed E-state index contributed by atoms with van der Waals surface area (Å²) in [5, 5.41) is 12.4. The summed E-state index contributed by atoms with van der Waals surface area (Å²) in [6, 6.07) is 11.8. The number of rotatable bonds is 8. The highest BCUT2D eigenvalue weighted by atomic mass is 79.9. The number of anilines is 1. The number of nitrogens with zero attached hydrogens (tertiary/aromatic N) is 1. The summed E-state index contributed by atoms with van der Waals surface area (Å²) in [4.78, 5) is 23.9. The highest BCUT2D eigenvalue weighted by molar-refractivity contribution is 9.10. The molecule has 7 nitrogen and oxygen atoms in total. The number of nitriles is 1. The number of benzene rings is 2. The van der Waals surface area contributed by atoms with Gasteiger partial charge >= 0.3 is 5.97 Å². The van der Waals surface area contributed by atoms with Crippen molar-refractivity contribution < 1.29 is 23.8 Å². The van der Waals surface area contributed by atoms with E-state index in [1.165, 1.54) is 13.2 Å². The van der Waals surface area contributed by atoms with Gasteiger partial charge in [0.2, 0.25) is 0 Å². The lowest BCUT2D eigenvalue weighted by molar-refractivity contribution is -0.142. The summed E-state index contributed by atoms with van der Waals surface area (Å²) >= 11 is 9.43. The Labute approximate surface area is 187 Å². The topological polar surface area (TPSA) is 97.6 Å². The van der Waals surface area contributed by atoms with Crippen molar-refractivity contribution in [3.05, 3.63) is 57.0 Å². The van der Waals surface area contributed by atoms with Crippen molar-refractivity contribution in [2.24, 2.45) is 0 Å². The van der Waals surface area contributed by atoms with Crippen LogP contribution in [0.1, 0.15) is 12.5 Å². The Balaban J connectivity index is 2.33. The smallest absolute Gasteiger partial charge is 0.343 e. The lowest BCUT2D eigenvalue weighted by Gasteiger charge is -2.13. The van der Waals surface area contributed by atoms with Crippen LogP contribution in [0.25, 0.3) is 6.08 Å². The van der Waals surface area contributed by atoms with Crippen molar-refractivity contribution in [2.75, 3.05) is 25.6 Å². The molecule has 2 rings (SSSR count). The molecule has 0 aliphatic heterocycles. The molecule has 0 bridgehead atoms. The average molecular weight is 494 g/mol. The number of hydrogen-bond donors (Lipinski definition) is 1. The first kappa shape index (κ1) is 23.3. The molecule has 1 amide bonds. The van der Waals surface area contributed by atoms with E-state index in [-0.39, 0.29) is 12.2 Å². The minimum absolute atomic E-state index is 0.138. The maximum atomic E-state index is 12.5. The number of hydrogen-bond acceptors (Lipinski definition) is 6. The maximum Gasteiger partial charge on any atom is 0.343 e. The third kappa shape index (κ3) is 6.24. The van der Waals surface area contributed by atoms with Gasteiger partial charge in [-0.3, -0.25) is 4.79 Å². The standard InChI is InChI=1S/C21H18BrClN2O5/c1-3-29-18-9-13(15(22)10-19(18)30-12-20(26)28-2)8-14(11-24)21(27)25-17-7-5-4-6-16(17)23/h4-10H,3,12H2,1-2H3,(H,25,27)/b14-8+. The second kappa shape index (κ2) is 11.2. The van der Waals surface area contributed by atoms with Crippen LogP contribution in [0.4, 0.5) is 5.69 Å². The van der Waals surface area contributed by atoms with Crippen LogP contribution in [0.3, 0.4) is 0 Å². The molecule has 0 fully saturated rings. The normalized spacial score (nSPS) is 10.7. The largest absolute Gasteiger partial charge is 0.490 e. The summed E-state index contributed by atoms with van der Waals surface area (Å²) in [6.45, 7) is 1.85. The molecular formula is C21H18BrClN2O5. The monoisotopic (exact) mass is 492 g/mol. The Hall–Kier alpha value is -3.02. The van der Waals surface area contributed by atoms with Crippen molar-refractivity contribution in [3.63, 3.8) is 0 Å². The summed E-state index contributed by atoms with van der Waals surface area (Å²) in [7, 11) is 1.26. The molecule has 0 aliphatic carbocycles. The number of halogens is 2. The predicted molar refractivity (Wildman–Crippen MR) is 116 cm³/mol. The van der Waals surface area contributed by atoms with Gasteiger partial charge in [0.15, 0.2) is 18.1 Å². The number of para-hydroxylation sites is 1. The van der Waals surface area contributed by atoms with E-state index in [0.29, 0.717) is 38.9 Å². The van der Waals surface area contributed by atoms with Crippen LogP contribution in [0.15, 0.2) is 46.4 Å². The van der Waals surface area contributed by atoms with E-state index in [4.69, 9.17) is 21.1 Å². The first-order valence-corrected chi connectivity index (χ1v) is 9.90. The van der Waals surface area contributed by atoms with Gasteiger partial charge in [0.1, 0.15) is 11.6 Å². The molecule has 2 aromatic carbocycles. The number of nitrogens with one attached hydrogen (secondary N) is 1. The quantitative estimate of drug-likeness (QED) is 0.328. The van der Waals surface area contributed by atoms with E-state index < -0.39 is 11.9 Å². The van der Waals surface area contributed by atoms with Gasteiger partial charge in [-0.25, -0.2) is 4.79 Å². The second-order valence-corrected chi connectivity index (χ2v) is 6.98. The molecule has 156 valence electrons. The lowest BCUT2D eigenvalue weighted by Crippen LogP contribution is -2.14. The van der Waals surface area contributed by atoms with E-state index >= 15 is 0 Å². The molecule has 2 aromatic rings. The lowest BCUT2D eigenvalue weighted by atomic mass is 10.1. The molecule has 0 heterocycles. The number of carbonyl (C=O) groups excluding carboxylic acids is 2. The van der Waals surface area contributed by atoms with Gasteiger partial charge in [-0.2, -0.15) is 5.26 Å². The highest BCUT2D eigenvalue weighted by Gasteiger charge is 2.15. The van der Waals surface area contributed by atoms with Crippen molar-refractivity contribution in [1.29, 1.82) is 5.26 Å². The molecule has 0 saturated carbocycles. The highest BCUT2D eigenvalue weighted by Crippen LogP contribution is 2.35. The number of carbonyl (C=O) groups is 2. The molecule has 0 atom stereocenters. The third-order valence-corrected chi connectivity index (χ3v) is 4.74. The minimum atomic E-state index is -0.610. The number of ether oxygens (including phenoxy) is 3. The molecule has 0 unspecified atom stereocenters. The van der Waals surface area contributed by atoms with Gasteiger partial charge in [0.25, 0.3) is 5.91 Å². The van der Waals surface area contributed by atoms with Gasteiger partial charge in [-0.1, -0.05) is 39.7 Å². The van der Waals surface area contributed by atoms with Gasteiger partial charge < -0.3 is 19.5 Å². The van der Waals surface area contributed by atoms with E-state index in [1.807, 2.05) is 6.07 Å². The zero-order valence-electron chi connectivity index (χ0n) is 16.2. The first-order valence-electron chi connectivity index (χ1n) is 8.73. The van der Waals surface area contributed by atoms with Crippen LogP contribution in [0.5, 0.6) is 11.5 Å². The summed E-state index contributed by atoms with van der Waals surface area (Å²) in [5.41, 5.74) is 0.766. The molecule has 0 radical (unpaired) electrons. The van der Waals surface area contributed by atoms with Gasteiger partial charge in [0, 0.05) is 4.47 Å². The van der Waals surface area contributed by atoms with Crippen LogP contribution in [-0.4, -0.2) is 32.2 Å². The predicted octanol–water partition coefficient (Wildman–Crippen LogP) is 4.60. The Morgan fingerprint density at radius 3 is 2.57 bits per heavy atom. The number of methoxy groups -OCH3 is 1. The molecule has 30 heavy (non-hydrogen) atoms. The van der Waals surface area contributed by atoms with Crippen molar-refractivity contribution in [1.82, 2.24) is 0 Å². The fraction of sp³-hybridized carbons (Fsp3) is 0.190. The zero-order chi connectivity index (χ0) is 22.1. The number of esters is 1. The Morgan fingerprint density at radius 2 is 1.93 bits per heavy atom. The molecule has 0 aliphatic rings. The second-order valence-electron chi connectivity index (χ2n) is 5.72. The number of amides is 1. The fourth-order valence-corrected chi connectivity index (χ4v) is 2.91. The zero-order valence-corrected chi connectivity index (χ0v) is 18.5.